The standard InChI is InChI=1S/C11H14BrClN2/c12-6-9-2-1-5-15(8-9)11-4-3-10(13)7-14-11/h3-4,7,9H,1-2,5-6,8H2. The Labute approximate surface area is 104 Å². The molecule has 0 saturated carbocycles. The largest absolute Gasteiger partial charge is 0.356 e. The van der Waals surface area contributed by atoms with Crippen LogP contribution in [-0.2, 0) is 0 Å². The van der Waals surface area contributed by atoms with E-state index in [-0.39, 0.29) is 0 Å². The number of alkyl halides is 1. The van der Waals surface area contributed by atoms with Crippen molar-refractivity contribution >= 4 is 33.3 Å². The quantitative estimate of drug-likeness (QED) is 0.776. The van der Waals surface area contributed by atoms with Crippen molar-refractivity contribution < 1.29 is 0 Å². The van der Waals surface area contributed by atoms with Crippen molar-refractivity contribution in [3.8, 4) is 0 Å². The zero-order chi connectivity index (χ0) is 10.7. The first-order valence-electron chi connectivity index (χ1n) is 5.22. The summed E-state index contributed by atoms with van der Waals surface area (Å²) in [6.07, 6.45) is 4.28. The molecule has 1 aliphatic heterocycles. The Morgan fingerprint density at radius 3 is 3.07 bits per heavy atom. The molecule has 0 amide bonds. The molecule has 1 fully saturated rings. The van der Waals surface area contributed by atoms with Gasteiger partial charge in [-0.3, -0.25) is 0 Å². The van der Waals surface area contributed by atoms with Crippen molar-refractivity contribution in [2.75, 3.05) is 23.3 Å². The molecule has 2 nitrogen and oxygen atoms in total. The molecule has 0 radical (unpaired) electrons. The maximum Gasteiger partial charge on any atom is 0.128 e. The molecule has 15 heavy (non-hydrogen) atoms. The third-order valence-corrected chi connectivity index (χ3v) is 3.91. The Morgan fingerprint density at radius 2 is 2.40 bits per heavy atom. The van der Waals surface area contributed by atoms with Crippen LogP contribution in [0.15, 0.2) is 18.3 Å². The molecule has 0 aromatic carbocycles. The number of pyridine rings is 1. The number of hydrogen-bond acceptors (Lipinski definition) is 2. The highest BCUT2D eigenvalue weighted by Crippen LogP contribution is 2.23. The van der Waals surface area contributed by atoms with Gasteiger partial charge in [0, 0.05) is 24.6 Å². The molecule has 1 unspecified atom stereocenters. The van der Waals surface area contributed by atoms with E-state index < -0.39 is 0 Å². The van der Waals surface area contributed by atoms with Gasteiger partial charge in [-0.25, -0.2) is 4.98 Å². The molecule has 82 valence electrons. The second-order valence-electron chi connectivity index (χ2n) is 3.94. The summed E-state index contributed by atoms with van der Waals surface area (Å²) >= 11 is 9.37. The van der Waals surface area contributed by atoms with Crippen molar-refractivity contribution in [3.05, 3.63) is 23.4 Å². The van der Waals surface area contributed by atoms with Gasteiger partial charge >= 0.3 is 0 Å². The summed E-state index contributed by atoms with van der Waals surface area (Å²) in [4.78, 5) is 6.69. The molecular weight excluding hydrogens is 275 g/mol. The average Bonchev–Trinajstić information content (AvgIpc) is 2.30. The number of piperidine rings is 1. The fourth-order valence-electron chi connectivity index (χ4n) is 1.95. The van der Waals surface area contributed by atoms with Gasteiger partial charge in [-0.2, -0.15) is 0 Å². The van der Waals surface area contributed by atoms with Crippen molar-refractivity contribution in [1.82, 2.24) is 4.98 Å². The molecular formula is C11H14BrClN2. The Balaban J connectivity index is 2.06. The lowest BCUT2D eigenvalue weighted by atomic mass is 10.0. The lowest BCUT2D eigenvalue weighted by Crippen LogP contribution is -2.36. The van der Waals surface area contributed by atoms with Gasteiger partial charge in [0.1, 0.15) is 5.82 Å². The van der Waals surface area contributed by atoms with E-state index in [1.54, 1.807) is 6.20 Å². The van der Waals surface area contributed by atoms with E-state index in [0.717, 1.165) is 30.2 Å². The van der Waals surface area contributed by atoms with E-state index in [9.17, 15) is 0 Å². The zero-order valence-corrected chi connectivity index (χ0v) is 10.8. The molecule has 1 aromatic rings. The molecule has 0 aliphatic carbocycles. The summed E-state index contributed by atoms with van der Waals surface area (Å²) in [5.41, 5.74) is 0. The zero-order valence-electron chi connectivity index (χ0n) is 8.50. The molecule has 1 aromatic heterocycles. The topological polar surface area (TPSA) is 16.1 Å². The minimum absolute atomic E-state index is 0.702. The van der Waals surface area contributed by atoms with Crippen molar-refractivity contribution in [2.45, 2.75) is 12.8 Å². The van der Waals surface area contributed by atoms with Crippen LogP contribution in [0.25, 0.3) is 0 Å². The summed E-state index contributed by atoms with van der Waals surface area (Å²) in [6, 6.07) is 3.90. The van der Waals surface area contributed by atoms with Gasteiger partial charge in [0.15, 0.2) is 0 Å². The van der Waals surface area contributed by atoms with Crippen LogP contribution in [0.1, 0.15) is 12.8 Å². The normalized spacial score (nSPS) is 21.7. The molecule has 0 spiro atoms. The van der Waals surface area contributed by atoms with Gasteiger partial charge in [-0.05, 0) is 30.9 Å². The minimum atomic E-state index is 0.702. The summed E-state index contributed by atoms with van der Waals surface area (Å²) in [7, 11) is 0. The van der Waals surface area contributed by atoms with Gasteiger partial charge in [0.05, 0.1) is 5.02 Å². The molecule has 0 N–H and O–H groups in total. The van der Waals surface area contributed by atoms with Crippen LogP contribution in [-0.4, -0.2) is 23.4 Å². The molecule has 4 heteroatoms. The summed E-state index contributed by atoms with van der Waals surface area (Å²) < 4.78 is 0. The smallest absolute Gasteiger partial charge is 0.128 e. The van der Waals surface area contributed by atoms with E-state index >= 15 is 0 Å². The summed E-state index contributed by atoms with van der Waals surface area (Å²) in [5, 5.41) is 1.78. The first kappa shape index (κ1) is 11.2. The SMILES string of the molecule is Clc1ccc(N2CCCC(CBr)C2)nc1. The number of rotatable bonds is 2. The average molecular weight is 290 g/mol. The lowest BCUT2D eigenvalue weighted by Gasteiger charge is -2.32. The van der Waals surface area contributed by atoms with Crippen molar-refractivity contribution in [2.24, 2.45) is 5.92 Å². The number of anilines is 1. The Morgan fingerprint density at radius 1 is 1.53 bits per heavy atom. The fourth-order valence-corrected chi connectivity index (χ4v) is 2.59. The van der Waals surface area contributed by atoms with Gasteiger partial charge in [0.25, 0.3) is 0 Å². The van der Waals surface area contributed by atoms with Gasteiger partial charge < -0.3 is 4.90 Å². The molecule has 2 heterocycles. The third kappa shape index (κ3) is 2.85. The van der Waals surface area contributed by atoms with E-state index in [0.29, 0.717) is 5.02 Å². The predicted molar refractivity (Wildman–Crippen MR) is 68.0 cm³/mol. The number of aromatic nitrogens is 1. The predicted octanol–water partition coefficient (Wildman–Crippen LogP) is 3.35. The number of nitrogens with zero attached hydrogens (tertiary/aromatic N) is 2. The number of halogens is 2. The third-order valence-electron chi connectivity index (χ3n) is 2.77. The Kier molecular flexibility index (Phi) is 3.87. The minimum Gasteiger partial charge on any atom is -0.356 e. The highest BCUT2D eigenvalue weighted by Gasteiger charge is 2.19. The highest BCUT2D eigenvalue weighted by atomic mass is 79.9. The van der Waals surface area contributed by atoms with Gasteiger partial charge in [-0.1, -0.05) is 27.5 Å². The van der Waals surface area contributed by atoms with Gasteiger partial charge in [-0.15, -0.1) is 0 Å². The molecule has 1 saturated heterocycles. The number of hydrogen-bond donors (Lipinski definition) is 0. The van der Waals surface area contributed by atoms with Crippen molar-refractivity contribution in [1.29, 1.82) is 0 Å². The second kappa shape index (κ2) is 5.17. The van der Waals surface area contributed by atoms with Crippen LogP contribution >= 0.6 is 27.5 Å². The fraction of sp³-hybridized carbons (Fsp3) is 0.545. The van der Waals surface area contributed by atoms with Crippen LogP contribution in [0, 0.1) is 5.92 Å². The first-order chi connectivity index (χ1) is 7.29. The first-order valence-corrected chi connectivity index (χ1v) is 6.72. The van der Waals surface area contributed by atoms with E-state index in [2.05, 4.69) is 25.8 Å². The Bertz CT molecular complexity index is 315. The maximum absolute atomic E-state index is 5.82. The van der Waals surface area contributed by atoms with Crippen LogP contribution in [0.4, 0.5) is 5.82 Å². The Hall–Kier alpha value is -0.280. The lowest BCUT2D eigenvalue weighted by molar-refractivity contribution is 0.453. The van der Waals surface area contributed by atoms with E-state index in [1.807, 2.05) is 12.1 Å². The van der Waals surface area contributed by atoms with Crippen LogP contribution < -0.4 is 4.90 Å². The second-order valence-corrected chi connectivity index (χ2v) is 5.03. The van der Waals surface area contributed by atoms with E-state index in [4.69, 9.17) is 11.6 Å². The molecule has 2 rings (SSSR count). The molecule has 0 bridgehead atoms. The van der Waals surface area contributed by atoms with Crippen LogP contribution in [0.2, 0.25) is 5.02 Å². The highest BCUT2D eigenvalue weighted by molar-refractivity contribution is 9.09. The molecule has 1 aliphatic rings. The monoisotopic (exact) mass is 288 g/mol. The van der Waals surface area contributed by atoms with E-state index in [1.165, 1.54) is 12.8 Å². The summed E-state index contributed by atoms with van der Waals surface area (Å²) in [5.74, 6) is 1.79. The van der Waals surface area contributed by atoms with Crippen LogP contribution in [0.5, 0.6) is 0 Å². The maximum atomic E-state index is 5.82. The molecule has 1 atom stereocenters. The van der Waals surface area contributed by atoms with Crippen molar-refractivity contribution in [3.63, 3.8) is 0 Å². The van der Waals surface area contributed by atoms with Gasteiger partial charge in [0.2, 0.25) is 0 Å². The summed E-state index contributed by atoms with van der Waals surface area (Å²) in [6.45, 7) is 2.21. The van der Waals surface area contributed by atoms with Crippen LogP contribution in [0.3, 0.4) is 0 Å².